The van der Waals surface area contributed by atoms with Gasteiger partial charge in [0.05, 0.1) is 12.7 Å². The number of carboxylic acid groups (broad SMARTS) is 2. The molecule has 3 atom stereocenters. The van der Waals surface area contributed by atoms with Crippen LogP contribution in [0.15, 0.2) is 24.3 Å². The molecule has 10 heteroatoms. The molecule has 0 bridgehead atoms. The summed E-state index contributed by atoms with van der Waals surface area (Å²) in [4.78, 5) is 47.0. The number of carbonyl (C=O) groups is 4. The first kappa shape index (κ1) is 22.2. The molecule has 0 radical (unpaired) electrons. The average molecular weight is 407 g/mol. The largest absolute Gasteiger partial charge is 0.480 e. The summed E-state index contributed by atoms with van der Waals surface area (Å²) in [5.74, 6) is -3.60. The van der Waals surface area contributed by atoms with Gasteiger partial charge < -0.3 is 30.9 Å². The molecule has 2 amide bonds. The maximum Gasteiger partial charge on any atom is 0.326 e. The first-order valence-electron chi connectivity index (χ1n) is 9.25. The molecule has 2 unspecified atom stereocenters. The Balaban J connectivity index is 1.84. The Labute approximate surface area is 167 Å². The van der Waals surface area contributed by atoms with Gasteiger partial charge in [0.25, 0.3) is 5.91 Å². The fourth-order valence-corrected chi connectivity index (χ4v) is 2.67. The number of ether oxygens (including phenoxy) is 1. The Bertz CT molecular complexity index is 747. The van der Waals surface area contributed by atoms with Crippen LogP contribution < -0.4 is 16.0 Å². The number of hydrogen-bond donors (Lipinski definition) is 5. The smallest absolute Gasteiger partial charge is 0.326 e. The SMILES string of the molecule is CNc1ccc(C(=O)N[C@@H](CCC(=O)NC(CCC2CO2)C(=O)O)C(=O)O)cc1. The highest BCUT2D eigenvalue weighted by Crippen LogP contribution is 2.17. The number of carbonyl (C=O) groups excluding carboxylic acids is 2. The van der Waals surface area contributed by atoms with E-state index in [4.69, 9.17) is 4.74 Å². The zero-order valence-electron chi connectivity index (χ0n) is 16.0. The summed E-state index contributed by atoms with van der Waals surface area (Å²) in [7, 11) is 1.73. The minimum absolute atomic E-state index is 0.0440. The van der Waals surface area contributed by atoms with E-state index in [-0.39, 0.29) is 30.9 Å². The Hall–Kier alpha value is -3.14. The van der Waals surface area contributed by atoms with Gasteiger partial charge in [0.15, 0.2) is 0 Å². The number of carboxylic acids is 2. The Morgan fingerprint density at radius 3 is 2.14 bits per heavy atom. The van der Waals surface area contributed by atoms with Gasteiger partial charge in [0.2, 0.25) is 5.91 Å². The van der Waals surface area contributed by atoms with E-state index in [2.05, 4.69) is 16.0 Å². The van der Waals surface area contributed by atoms with E-state index in [0.717, 1.165) is 5.69 Å². The molecule has 0 saturated carbocycles. The van der Waals surface area contributed by atoms with Crippen LogP contribution in [0.3, 0.4) is 0 Å². The van der Waals surface area contributed by atoms with Crippen molar-refractivity contribution in [1.82, 2.24) is 10.6 Å². The molecule has 1 aliphatic rings. The van der Waals surface area contributed by atoms with Crippen molar-refractivity contribution in [1.29, 1.82) is 0 Å². The summed E-state index contributed by atoms with van der Waals surface area (Å²) in [5, 5.41) is 26.2. The number of benzene rings is 1. The van der Waals surface area contributed by atoms with Gasteiger partial charge >= 0.3 is 11.9 Å². The second-order valence-electron chi connectivity index (χ2n) is 6.72. The van der Waals surface area contributed by atoms with Crippen molar-refractivity contribution in [2.24, 2.45) is 0 Å². The zero-order valence-corrected chi connectivity index (χ0v) is 16.0. The van der Waals surface area contributed by atoms with Crippen LogP contribution in [-0.4, -0.2) is 65.8 Å². The summed E-state index contributed by atoms with van der Waals surface area (Å²) >= 11 is 0. The number of epoxide rings is 1. The van der Waals surface area contributed by atoms with Crippen LogP contribution in [-0.2, 0) is 19.1 Å². The second kappa shape index (κ2) is 10.4. The first-order chi connectivity index (χ1) is 13.8. The number of aliphatic carboxylic acids is 2. The zero-order chi connectivity index (χ0) is 21.4. The molecule has 158 valence electrons. The van der Waals surface area contributed by atoms with Gasteiger partial charge in [-0.05, 0) is 43.5 Å². The van der Waals surface area contributed by atoms with Gasteiger partial charge in [-0.1, -0.05) is 0 Å². The van der Waals surface area contributed by atoms with E-state index in [9.17, 15) is 29.4 Å². The molecule has 0 aliphatic carbocycles. The standard InChI is InChI=1S/C19H25N3O7/c1-20-12-4-2-11(3-5-12)17(24)22-15(19(27)28)8-9-16(23)21-14(18(25)26)7-6-13-10-29-13/h2-5,13-15,20H,6-10H2,1H3,(H,21,23)(H,22,24)(H,25,26)(H,27,28)/t13?,14?,15-/m0/s1. The third-order valence-corrected chi connectivity index (χ3v) is 4.51. The lowest BCUT2D eigenvalue weighted by Gasteiger charge is -2.17. The Morgan fingerprint density at radius 1 is 1.03 bits per heavy atom. The molecule has 1 aliphatic heterocycles. The fourth-order valence-electron chi connectivity index (χ4n) is 2.67. The third kappa shape index (κ3) is 7.41. The van der Waals surface area contributed by atoms with Crippen molar-refractivity contribution in [3.63, 3.8) is 0 Å². The van der Waals surface area contributed by atoms with Gasteiger partial charge in [0, 0.05) is 24.7 Å². The quantitative estimate of drug-likeness (QED) is 0.312. The van der Waals surface area contributed by atoms with Crippen molar-refractivity contribution in [2.45, 2.75) is 43.9 Å². The molecule has 1 saturated heterocycles. The van der Waals surface area contributed by atoms with E-state index in [1.165, 1.54) is 0 Å². The van der Waals surface area contributed by atoms with Gasteiger partial charge in [0.1, 0.15) is 12.1 Å². The summed E-state index contributed by atoms with van der Waals surface area (Å²) in [6.07, 6.45) is 0.395. The number of rotatable bonds is 12. The third-order valence-electron chi connectivity index (χ3n) is 4.51. The molecule has 5 N–H and O–H groups in total. The van der Waals surface area contributed by atoms with E-state index in [1.807, 2.05) is 0 Å². The summed E-state index contributed by atoms with van der Waals surface area (Å²) in [6, 6.07) is 4.12. The molecule has 29 heavy (non-hydrogen) atoms. The maximum atomic E-state index is 12.2. The Kier molecular flexibility index (Phi) is 7.96. The van der Waals surface area contributed by atoms with Crippen LogP contribution in [0.25, 0.3) is 0 Å². The summed E-state index contributed by atoms with van der Waals surface area (Å²) < 4.78 is 5.02. The van der Waals surface area contributed by atoms with Gasteiger partial charge in [-0.2, -0.15) is 0 Å². The van der Waals surface area contributed by atoms with Crippen molar-refractivity contribution < 1.29 is 34.1 Å². The van der Waals surface area contributed by atoms with Gasteiger partial charge in [-0.15, -0.1) is 0 Å². The second-order valence-corrected chi connectivity index (χ2v) is 6.72. The van der Waals surface area contributed by atoms with Crippen LogP contribution in [0.2, 0.25) is 0 Å². The molecule has 1 aromatic rings. The van der Waals surface area contributed by atoms with Crippen LogP contribution >= 0.6 is 0 Å². The molecule has 1 heterocycles. The van der Waals surface area contributed by atoms with Crippen LogP contribution in [0.5, 0.6) is 0 Å². The number of amides is 2. The van der Waals surface area contributed by atoms with E-state index >= 15 is 0 Å². The molecule has 0 aromatic heterocycles. The number of anilines is 1. The highest BCUT2D eigenvalue weighted by molar-refractivity contribution is 5.97. The lowest BCUT2D eigenvalue weighted by atomic mass is 10.1. The molecular weight excluding hydrogens is 382 g/mol. The average Bonchev–Trinajstić information content (AvgIpc) is 3.52. The van der Waals surface area contributed by atoms with Crippen molar-refractivity contribution in [3.05, 3.63) is 29.8 Å². The molecular formula is C19H25N3O7. The van der Waals surface area contributed by atoms with Crippen molar-refractivity contribution >= 4 is 29.4 Å². The normalized spacial score (nSPS) is 16.9. The summed E-state index contributed by atoms with van der Waals surface area (Å²) in [6.45, 7) is 0.595. The highest BCUT2D eigenvalue weighted by atomic mass is 16.6. The van der Waals surface area contributed by atoms with E-state index in [0.29, 0.717) is 13.0 Å². The number of hydrogen-bond acceptors (Lipinski definition) is 6. The number of nitrogens with one attached hydrogen (secondary N) is 3. The fraction of sp³-hybridized carbons (Fsp3) is 0.474. The topological polar surface area (TPSA) is 157 Å². The monoisotopic (exact) mass is 407 g/mol. The van der Waals surface area contributed by atoms with Gasteiger partial charge in [-0.3, -0.25) is 9.59 Å². The Morgan fingerprint density at radius 2 is 1.62 bits per heavy atom. The first-order valence-corrected chi connectivity index (χ1v) is 9.25. The van der Waals surface area contributed by atoms with E-state index in [1.54, 1.807) is 31.3 Å². The highest BCUT2D eigenvalue weighted by Gasteiger charge is 2.28. The predicted molar refractivity (Wildman–Crippen MR) is 103 cm³/mol. The van der Waals surface area contributed by atoms with Crippen molar-refractivity contribution in [3.8, 4) is 0 Å². The molecule has 0 spiro atoms. The van der Waals surface area contributed by atoms with E-state index < -0.39 is 35.8 Å². The van der Waals surface area contributed by atoms with Crippen LogP contribution in [0, 0.1) is 0 Å². The molecule has 1 fully saturated rings. The lowest BCUT2D eigenvalue weighted by molar-refractivity contribution is -0.142. The van der Waals surface area contributed by atoms with Crippen LogP contribution in [0.1, 0.15) is 36.0 Å². The van der Waals surface area contributed by atoms with Crippen molar-refractivity contribution in [2.75, 3.05) is 19.0 Å². The maximum absolute atomic E-state index is 12.2. The van der Waals surface area contributed by atoms with Gasteiger partial charge in [-0.25, -0.2) is 9.59 Å². The molecule has 1 aromatic carbocycles. The summed E-state index contributed by atoms with van der Waals surface area (Å²) in [5.41, 5.74) is 1.09. The predicted octanol–water partition coefficient (Wildman–Crippen LogP) is 0.440. The minimum atomic E-state index is -1.28. The molecule has 10 nitrogen and oxygen atoms in total. The van der Waals surface area contributed by atoms with Crippen LogP contribution in [0.4, 0.5) is 5.69 Å². The minimum Gasteiger partial charge on any atom is -0.480 e. The molecule has 2 rings (SSSR count). The lowest BCUT2D eigenvalue weighted by Crippen LogP contribution is -2.44.